The average molecular weight is 282 g/mol. The number of carbonyl (C=O) groups excluding carboxylic acids is 1. The summed E-state index contributed by atoms with van der Waals surface area (Å²) >= 11 is 0. The highest BCUT2D eigenvalue weighted by molar-refractivity contribution is 7.90. The Balaban J connectivity index is 4.00. The van der Waals surface area contributed by atoms with Crippen molar-refractivity contribution in [1.82, 2.24) is 10.6 Å². The fourth-order valence-electron chi connectivity index (χ4n) is 1.12. The summed E-state index contributed by atoms with van der Waals surface area (Å²) in [5.74, 6) is -1.41. The van der Waals surface area contributed by atoms with Gasteiger partial charge in [0, 0.05) is 12.8 Å². The molecule has 4 N–H and O–H groups in total. The maximum Gasteiger partial charge on any atom is 0.328 e. The van der Waals surface area contributed by atoms with E-state index in [0.29, 0.717) is 0 Å². The van der Waals surface area contributed by atoms with E-state index in [0.717, 1.165) is 6.26 Å². The molecule has 2 atom stereocenters. The van der Waals surface area contributed by atoms with Crippen LogP contribution in [0.1, 0.15) is 13.3 Å². The number of carboxylic acids is 1. The highest BCUT2D eigenvalue weighted by Gasteiger charge is 2.24. The molecule has 0 fully saturated rings. The Labute approximate surface area is 105 Å². The summed E-state index contributed by atoms with van der Waals surface area (Å²) in [6, 6.07) is -2.17. The zero-order chi connectivity index (χ0) is 14.3. The van der Waals surface area contributed by atoms with Gasteiger partial charge >= 0.3 is 12.0 Å². The van der Waals surface area contributed by atoms with Crippen molar-refractivity contribution >= 4 is 21.8 Å². The molecule has 0 aromatic rings. The number of aliphatic carboxylic acids is 1. The summed E-state index contributed by atoms with van der Waals surface area (Å²) in [6.45, 7) is 1.34. The third-order valence-corrected chi connectivity index (χ3v) is 3.04. The van der Waals surface area contributed by atoms with Crippen molar-refractivity contribution in [3.8, 4) is 0 Å². The highest BCUT2D eigenvalue weighted by atomic mass is 32.2. The number of carboxylic acid groups (broad SMARTS) is 1. The number of rotatable bonds is 7. The van der Waals surface area contributed by atoms with Gasteiger partial charge in [0.05, 0.1) is 11.9 Å². The second kappa shape index (κ2) is 7.17. The lowest BCUT2D eigenvalue weighted by Gasteiger charge is -2.17. The summed E-state index contributed by atoms with van der Waals surface area (Å²) in [5.41, 5.74) is 0. The van der Waals surface area contributed by atoms with Gasteiger partial charge in [-0.05, 0) is 13.3 Å². The van der Waals surface area contributed by atoms with Crippen molar-refractivity contribution in [2.24, 2.45) is 0 Å². The molecule has 0 bridgehead atoms. The van der Waals surface area contributed by atoms with Gasteiger partial charge in [0.1, 0.15) is 9.84 Å². The number of urea groups is 1. The molecule has 8 nitrogen and oxygen atoms in total. The number of aliphatic hydroxyl groups is 1. The Bertz CT molecular complexity index is 392. The van der Waals surface area contributed by atoms with Crippen LogP contribution in [-0.2, 0) is 14.6 Å². The number of amides is 2. The first kappa shape index (κ1) is 16.6. The minimum absolute atomic E-state index is 0.0635. The number of hydrogen-bond acceptors (Lipinski definition) is 5. The van der Waals surface area contributed by atoms with Gasteiger partial charge in [-0.3, -0.25) is 0 Å². The van der Waals surface area contributed by atoms with Crippen LogP contribution in [0.4, 0.5) is 4.79 Å². The SMILES string of the molecule is C[C@@H](O)[C@H](NC(=O)NCCCS(C)(=O)=O)C(=O)O. The molecular formula is C9H18N2O6S. The largest absolute Gasteiger partial charge is 0.480 e. The third kappa shape index (κ3) is 7.85. The van der Waals surface area contributed by atoms with Crippen LogP contribution < -0.4 is 10.6 Å². The van der Waals surface area contributed by atoms with E-state index in [2.05, 4.69) is 10.6 Å². The maximum absolute atomic E-state index is 11.2. The van der Waals surface area contributed by atoms with Crippen molar-refractivity contribution in [2.45, 2.75) is 25.5 Å². The van der Waals surface area contributed by atoms with Crippen LogP contribution in [0.5, 0.6) is 0 Å². The van der Waals surface area contributed by atoms with Crippen LogP contribution in [0, 0.1) is 0 Å². The summed E-state index contributed by atoms with van der Waals surface area (Å²) in [7, 11) is -3.08. The molecule has 2 amide bonds. The number of sulfone groups is 1. The lowest BCUT2D eigenvalue weighted by molar-refractivity contribution is -0.141. The van der Waals surface area contributed by atoms with E-state index in [1.165, 1.54) is 6.92 Å². The molecule has 0 aliphatic heterocycles. The van der Waals surface area contributed by atoms with Crippen molar-refractivity contribution in [2.75, 3.05) is 18.6 Å². The highest BCUT2D eigenvalue weighted by Crippen LogP contribution is 1.93. The maximum atomic E-state index is 11.2. The van der Waals surface area contributed by atoms with Crippen molar-refractivity contribution in [1.29, 1.82) is 0 Å². The van der Waals surface area contributed by atoms with E-state index in [-0.39, 0.29) is 18.7 Å². The first-order chi connectivity index (χ1) is 8.13. The molecule has 0 heterocycles. The predicted octanol–water partition coefficient (Wildman–Crippen LogP) is -1.45. The molecule has 106 valence electrons. The minimum Gasteiger partial charge on any atom is -0.480 e. The average Bonchev–Trinajstić information content (AvgIpc) is 2.18. The molecule has 0 aliphatic carbocycles. The van der Waals surface area contributed by atoms with Gasteiger partial charge in [-0.2, -0.15) is 0 Å². The summed E-state index contributed by atoms with van der Waals surface area (Å²) in [6.07, 6.45) is 0.0869. The van der Waals surface area contributed by atoms with Gasteiger partial charge in [0.2, 0.25) is 0 Å². The molecule has 0 spiro atoms. The first-order valence-electron chi connectivity index (χ1n) is 5.26. The summed E-state index contributed by atoms with van der Waals surface area (Å²) in [5, 5.41) is 22.2. The fraction of sp³-hybridized carbons (Fsp3) is 0.778. The number of carbonyl (C=O) groups is 2. The Morgan fingerprint density at radius 2 is 1.89 bits per heavy atom. The van der Waals surface area contributed by atoms with Crippen LogP contribution in [-0.4, -0.2) is 61.3 Å². The van der Waals surface area contributed by atoms with Gasteiger partial charge < -0.3 is 20.8 Å². The smallest absolute Gasteiger partial charge is 0.328 e. The molecule has 0 rings (SSSR count). The lowest BCUT2D eigenvalue weighted by atomic mass is 10.2. The minimum atomic E-state index is -3.08. The number of hydrogen-bond donors (Lipinski definition) is 4. The number of nitrogens with one attached hydrogen (secondary N) is 2. The Morgan fingerprint density at radius 1 is 1.33 bits per heavy atom. The van der Waals surface area contributed by atoms with E-state index in [4.69, 9.17) is 10.2 Å². The quantitative estimate of drug-likeness (QED) is 0.422. The van der Waals surface area contributed by atoms with Crippen LogP contribution in [0.3, 0.4) is 0 Å². The van der Waals surface area contributed by atoms with Gasteiger partial charge in [0.15, 0.2) is 6.04 Å². The molecule has 0 saturated heterocycles. The van der Waals surface area contributed by atoms with Crippen molar-refractivity contribution < 1.29 is 28.2 Å². The Kier molecular flexibility index (Phi) is 6.63. The summed E-state index contributed by atoms with van der Waals surface area (Å²) < 4.78 is 21.6. The topological polar surface area (TPSA) is 133 Å². The van der Waals surface area contributed by atoms with E-state index < -0.39 is 34.0 Å². The number of aliphatic hydroxyl groups excluding tert-OH is 1. The molecule has 9 heteroatoms. The van der Waals surface area contributed by atoms with Crippen LogP contribution in [0.25, 0.3) is 0 Å². The molecule has 0 unspecified atom stereocenters. The molecular weight excluding hydrogens is 264 g/mol. The van der Waals surface area contributed by atoms with Crippen LogP contribution >= 0.6 is 0 Å². The van der Waals surface area contributed by atoms with Gasteiger partial charge in [0.25, 0.3) is 0 Å². The summed E-state index contributed by atoms with van der Waals surface area (Å²) in [4.78, 5) is 21.9. The van der Waals surface area contributed by atoms with E-state index >= 15 is 0 Å². The fourth-order valence-corrected chi connectivity index (χ4v) is 1.79. The van der Waals surface area contributed by atoms with Crippen molar-refractivity contribution in [3.63, 3.8) is 0 Å². The standard InChI is InChI=1S/C9H18N2O6S/c1-6(12)7(8(13)14)11-9(15)10-4-3-5-18(2,16)17/h6-7,12H,3-5H2,1-2H3,(H,13,14)(H2,10,11,15)/t6-,7+/m1/s1. The van der Waals surface area contributed by atoms with Gasteiger partial charge in [-0.15, -0.1) is 0 Å². The Morgan fingerprint density at radius 3 is 2.28 bits per heavy atom. The molecule has 0 aliphatic rings. The molecule has 0 radical (unpaired) electrons. The van der Waals surface area contributed by atoms with E-state index in [1.54, 1.807) is 0 Å². The zero-order valence-corrected chi connectivity index (χ0v) is 11.0. The van der Waals surface area contributed by atoms with Crippen LogP contribution in [0.2, 0.25) is 0 Å². The Hall–Kier alpha value is -1.35. The van der Waals surface area contributed by atoms with Gasteiger partial charge in [-0.25, -0.2) is 18.0 Å². The second-order valence-corrected chi connectivity index (χ2v) is 6.20. The predicted molar refractivity (Wildman–Crippen MR) is 64.0 cm³/mol. The monoisotopic (exact) mass is 282 g/mol. The zero-order valence-electron chi connectivity index (χ0n) is 10.2. The van der Waals surface area contributed by atoms with Crippen molar-refractivity contribution in [3.05, 3.63) is 0 Å². The van der Waals surface area contributed by atoms with Crippen LogP contribution in [0.15, 0.2) is 0 Å². The molecule has 0 aromatic carbocycles. The van der Waals surface area contributed by atoms with E-state index in [1.807, 2.05) is 0 Å². The lowest BCUT2D eigenvalue weighted by Crippen LogP contribution is -2.51. The second-order valence-electron chi connectivity index (χ2n) is 3.94. The molecule has 18 heavy (non-hydrogen) atoms. The third-order valence-electron chi connectivity index (χ3n) is 2.01. The molecule has 0 saturated carbocycles. The first-order valence-corrected chi connectivity index (χ1v) is 7.32. The van der Waals surface area contributed by atoms with Gasteiger partial charge in [-0.1, -0.05) is 0 Å². The molecule has 0 aromatic heterocycles. The normalized spacial score (nSPS) is 14.6. The van der Waals surface area contributed by atoms with E-state index in [9.17, 15) is 18.0 Å².